The summed E-state index contributed by atoms with van der Waals surface area (Å²) in [5.41, 5.74) is 0.681. The third-order valence-electron chi connectivity index (χ3n) is 4.56. The second-order valence-corrected chi connectivity index (χ2v) is 6.23. The molecule has 0 aliphatic carbocycles. The van der Waals surface area contributed by atoms with Crippen LogP contribution in [0.4, 0.5) is 0 Å². The van der Waals surface area contributed by atoms with Crippen LogP contribution in [0.2, 0.25) is 0 Å². The van der Waals surface area contributed by atoms with Crippen LogP contribution in [0.25, 0.3) is 0 Å². The fourth-order valence-electron chi connectivity index (χ4n) is 3.21. The summed E-state index contributed by atoms with van der Waals surface area (Å²) in [6.07, 6.45) is 4.12. The molecular weight excluding hydrogens is 320 g/mol. The molecule has 1 aromatic heterocycles. The molecule has 1 aromatic carbocycles. The zero-order valence-corrected chi connectivity index (χ0v) is 14.3. The van der Waals surface area contributed by atoms with Gasteiger partial charge in [0.15, 0.2) is 5.78 Å². The van der Waals surface area contributed by atoms with E-state index in [1.54, 1.807) is 4.90 Å². The van der Waals surface area contributed by atoms with Gasteiger partial charge in [-0.15, -0.1) is 0 Å². The van der Waals surface area contributed by atoms with Crippen molar-refractivity contribution in [2.75, 3.05) is 13.7 Å². The maximum Gasteiger partial charge on any atom is 0.292 e. The van der Waals surface area contributed by atoms with Gasteiger partial charge in [0.1, 0.15) is 0 Å². The van der Waals surface area contributed by atoms with E-state index in [9.17, 15) is 9.59 Å². The standard InChI is InChI=1S/C19H22N2O4/c1-24-18-13-17(25-20-18)19(23)21-11-7-3-6-10-15(21)12-16(22)14-8-4-2-5-9-14/h2,4-5,8-9,13,15H,3,6-7,10-12H2,1H3. The Morgan fingerprint density at radius 3 is 2.76 bits per heavy atom. The Morgan fingerprint density at radius 1 is 1.24 bits per heavy atom. The summed E-state index contributed by atoms with van der Waals surface area (Å²) in [7, 11) is 1.47. The number of carbonyl (C=O) groups is 2. The zero-order chi connectivity index (χ0) is 17.6. The first-order valence-electron chi connectivity index (χ1n) is 8.59. The number of hydrogen-bond donors (Lipinski definition) is 0. The summed E-state index contributed by atoms with van der Waals surface area (Å²) in [6.45, 7) is 0.620. The van der Waals surface area contributed by atoms with Gasteiger partial charge in [-0.05, 0) is 18.0 Å². The van der Waals surface area contributed by atoms with Crippen LogP contribution in [-0.2, 0) is 0 Å². The van der Waals surface area contributed by atoms with Crippen LogP contribution < -0.4 is 4.74 Å². The monoisotopic (exact) mass is 342 g/mol. The molecule has 0 spiro atoms. The molecule has 1 amide bonds. The maximum absolute atomic E-state index is 12.8. The summed E-state index contributed by atoms with van der Waals surface area (Å²) >= 11 is 0. The molecule has 6 nitrogen and oxygen atoms in total. The van der Waals surface area contributed by atoms with Crippen molar-refractivity contribution in [2.24, 2.45) is 0 Å². The number of benzene rings is 1. The van der Waals surface area contributed by atoms with Crippen molar-refractivity contribution in [1.82, 2.24) is 10.1 Å². The first-order valence-corrected chi connectivity index (χ1v) is 8.59. The van der Waals surface area contributed by atoms with E-state index in [2.05, 4.69) is 5.16 Å². The first kappa shape index (κ1) is 17.2. The molecule has 25 heavy (non-hydrogen) atoms. The maximum atomic E-state index is 12.8. The van der Waals surface area contributed by atoms with E-state index < -0.39 is 0 Å². The summed E-state index contributed by atoms with van der Waals surface area (Å²) in [5, 5.41) is 3.70. The lowest BCUT2D eigenvalue weighted by molar-refractivity contribution is 0.0620. The first-order chi connectivity index (χ1) is 12.2. The van der Waals surface area contributed by atoms with Crippen LogP contribution in [0.15, 0.2) is 40.9 Å². The molecule has 1 fully saturated rings. The largest absolute Gasteiger partial charge is 0.479 e. The average molecular weight is 342 g/mol. The van der Waals surface area contributed by atoms with Gasteiger partial charge in [-0.1, -0.05) is 43.2 Å². The molecular formula is C19H22N2O4. The molecule has 0 saturated carbocycles. The van der Waals surface area contributed by atoms with Gasteiger partial charge in [0.2, 0.25) is 5.76 Å². The van der Waals surface area contributed by atoms with Crippen molar-refractivity contribution in [3.63, 3.8) is 0 Å². The van der Waals surface area contributed by atoms with Crippen LogP contribution in [0.5, 0.6) is 5.88 Å². The van der Waals surface area contributed by atoms with Gasteiger partial charge in [0.25, 0.3) is 11.8 Å². The Bertz CT molecular complexity index is 726. The zero-order valence-electron chi connectivity index (χ0n) is 14.3. The van der Waals surface area contributed by atoms with Crippen molar-refractivity contribution in [3.05, 3.63) is 47.7 Å². The van der Waals surface area contributed by atoms with Crippen LogP contribution in [-0.4, -0.2) is 41.4 Å². The lowest BCUT2D eigenvalue weighted by Gasteiger charge is -2.28. The Kier molecular flexibility index (Phi) is 5.48. The fourth-order valence-corrected chi connectivity index (χ4v) is 3.21. The van der Waals surface area contributed by atoms with Crippen LogP contribution >= 0.6 is 0 Å². The predicted octanol–water partition coefficient (Wildman–Crippen LogP) is 3.34. The SMILES string of the molecule is COc1cc(C(=O)N2CCCCCC2CC(=O)c2ccccc2)on1. The number of Topliss-reactive ketones (excluding diaryl/α,β-unsaturated/α-hetero) is 1. The number of rotatable bonds is 5. The number of carbonyl (C=O) groups excluding carboxylic acids is 2. The minimum absolute atomic E-state index is 0.0560. The highest BCUT2D eigenvalue weighted by atomic mass is 16.5. The van der Waals surface area contributed by atoms with E-state index in [0.717, 1.165) is 25.7 Å². The quantitative estimate of drug-likeness (QED) is 0.779. The van der Waals surface area contributed by atoms with Gasteiger partial charge < -0.3 is 14.2 Å². The van der Waals surface area contributed by atoms with E-state index in [1.165, 1.54) is 13.2 Å². The van der Waals surface area contributed by atoms with E-state index in [0.29, 0.717) is 18.5 Å². The third kappa shape index (κ3) is 4.07. The Hall–Kier alpha value is -2.63. The molecule has 2 heterocycles. The molecule has 2 aromatic rings. The van der Waals surface area contributed by atoms with Crippen molar-refractivity contribution in [1.29, 1.82) is 0 Å². The number of likely N-dealkylation sites (tertiary alicyclic amines) is 1. The van der Waals surface area contributed by atoms with Gasteiger partial charge >= 0.3 is 0 Å². The van der Waals surface area contributed by atoms with Crippen LogP contribution in [0.3, 0.4) is 0 Å². The van der Waals surface area contributed by atoms with E-state index >= 15 is 0 Å². The molecule has 1 unspecified atom stereocenters. The van der Waals surface area contributed by atoms with Crippen LogP contribution in [0.1, 0.15) is 53.0 Å². The average Bonchev–Trinajstić information content (AvgIpc) is 3.02. The minimum atomic E-state index is -0.233. The van der Waals surface area contributed by atoms with E-state index in [4.69, 9.17) is 9.26 Å². The summed E-state index contributed by atoms with van der Waals surface area (Å²) in [4.78, 5) is 27.2. The molecule has 3 rings (SSSR count). The van der Waals surface area contributed by atoms with Gasteiger partial charge in [-0.25, -0.2) is 0 Å². The summed E-state index contributed by atoms with van der Waals surface area (Å²) < 4.78 is 10.1. The molecule has 132 valence electrons. The number of hydrogen-bond acceptors (Lipinski definition) is 5. The minimum Gasteiger partial charge on any atom is -0.479 e. The number of ether oxygens (including phenoxy) is 1. The number of aromatic nitrogens is 1. The van der Waals surface area contributed by atoms with Crippen molar-refractivity contribution in [3.8, 4) is 5.88 Å². The highest BCUT2D eigenvalue weighted by Crippen LogP contribution is 2.24. The number of nitrogens with zero attached hydrogens (tertiary/aromatic N) is 2. The van der Waals surface area contributed by atoms with Gasteiger partial charge in [-0.3, -0.25) is 9.59 Å². The number of amides is 1. The summed E-state index contributed by atoms with van der Waals surface area (Å²) in [5.74, 6) is 0.245. The lowest BCUT2D eigenvalue weighted by atomic mass is 9.99. The Labute approximate surface area is 146 Å². The van der Waals surface area contributed by atoms with Gasteiger partial charge in [0.05, 0.1) is 13.2 Å². The van der Waals surface area contributed by atoms with E-state index in [-0.39, 0.29) is 29.4 Å². The lowest BCUT2D eigenvalue weighted by Crippen LogP contribution is -2.41. The molecule has 6 heteroatoms. The topological polar surface area (TPSA) is 72.6 Å². The molecule has 0 N–H and O–H groups in total. The van der Waals surface area contributed by atoms with E-state index in [1.807, 2.05) is 30.3 Å². The predicted molar refractivity (Wildman–Crippen MR) is 91.7 cm³/mol. The fraction of sp³-hybridized carbons (Fsp3) is 0.421. The smallest absolute Gasteiger partial charge is 0.292 e. The third-order valence-corrected chi connectivity index (χ3v) is 4.56. The Morgan fingerprint density at radius 2 is 2.04 bits per heavy atom. The second-order valence-electron chi connectivity index (χ2n) is 6.23. The van der Waals surface area contributed by atoms with Crippen molar-refractivity contribution < 1.29 is 18.8 Å². The highest BCUT2D eigenvalue weighted by Gasteiger charge is 2.30. The summed E-state index contributed by atoms with van der Waals surface area (Å²) in [6, 6.07) is 10.6. The molecule has 0 bridgehead atoms. The molecule has 1 atom stereocenters. The molecule has 1 aliphatic heterocycles. The normalized spacial score (nSPS) is 17.8. The second kappa shape index (κ2) is 7.96. The Balaban J connectivity index is 1.77. The van der Waals surface area contributed by atoms with Crippen LogP contribution in [0, 0.1) is 0 Å². The molecule has 1 saturated heterocycles. The van der Waals surface area contributed by atoms with Crippen molar-refractivity contribution in [2.45, 2.75) is 38.1 Å². The number of methoxy groups -OCH3 is 1. The van der Waals surface area contributed by atoms with Gasteiger partial charge in [-0.2, -0.15) is 0 Å². The molecule has 1 aliphatic rings. The molecule has 0 radical (unpaired) electrons. The van der Waals surface area contributed by atoms with Gasteiger partial charge in [0, 0.05) is 24.6 Å². The highest BCUT2D eigenvalue weighted by molar-refractivity contribution is 5.97. The van der Waals surface area contributed by atoms with Crippen molar-refractivity contribution >= 4 is 11.7 Å². The number of ketones is 1.